The molecule has 0 aliphatic heterocycles. The summed E-state index contributed by atoms with van der Waals surface area (Å²) >= 11 is 0. The SMILES string of the molecule is CCCc1nn(C)c(NC(C)C2CCCC2)c1N. The van der Waals surface area contributed by atoms with E-state index in [1.165, 1.54) is 25.7 Å². The van der Waals surface area contributed by atoms with Crippen LogP contribution < -0.4 is 11.1 Å². The van der Waals surface area contributed by atoms with Crippen LogP contribution in [0.25, 0.3) is 0 Å². The molecule has 1 unspecified atom stereocenters. The van der Waals surface area contributed by atoms with Crippen molar-refractivity contribution >= 4 is 11.5 Å². The van der Waals surface area contributed by atoms with Crippen molar-refractivity contribution in [1.82, 2.24) is 9.78 Å². The molecule has 0 amide bonds. The van der Waals surface area contributed by atoms with Gasteiger partial charge >= 0.3 is 0 Å². The summed E-state index contributed by atoms with van der Waals surface area (Å²) in [6, 6.07) is 0.486. The van der Waals surface area contributed by atoms with Crippen LogP contribution >= 0.6 is 0 Å². The molecule has 1 saturated carbocycles. The van der Waals surface area contributed by atoms with E-state index in [1.807, 2.05) is 11.7 Å². The van der Waals surface area contributed by atoms with Crippen LogP contribution in [0.5, 0.6) is 0 Å². The van der Waals surface area contributed by atoms with Crippen molar-refractivity contribution in [3.05, 3.63) is 5.69 Å². The Hall–Kier alpha value is -1.19. The van der Waals surface area contributed by atoms with E-state index in [4.69, 9.17) is 5.73 Å². The average molecular weight is 250 g/mol. The molecule has 1 atom stereocenters. The molecule has 0 bridgehead atoms. The third-order valence-corrected chi connectivity index (χ3v) is 4.12. The minimum atomic E-state index is 0.486. The van der Waals surface area contributed by atoms with Crippen LogP contribution in [0, 0.1) is 5.92 Å². The Labute approximate surface area is 110 Å². The maximum Gasteiger partial charge on any atom is 0.147 e. The van der Waals surface area contributed by atoms with Gasteiger partial charge in [0, 0.05) is 13.1 Å². The van der Waals surface area contributed by atoms with Gasteiger partial charge in [-0.3, -0.25) is 4.68 Å². The Balaban J connectivity index is 2.08. The molecular formula is C14H26N4. The van der Waals surface area contributed by atoms with Crippen LogP contribution in [0.2, 0.25) is 0 Å². The Morgan fingerprint density at radius 3 is 2.72 bits per heavy atom. The van der Waals surface area contributed by atoms with E-state index in [0.717, 1.165) is 36.0 Å². The third-order valence-electron chi connectivity index (χ3n) is 4.12. The molecule has 4 nitrogen and oxygen atoms in total. The van der Waals surface area contributed by atoms with Gasteiger partial charge in [-0.25, -0.2) is 0 Å². The van der Waals surface area contributed by atoms with Gasteiger partial charge in [-0.1, -0.05) is 26.2 Å². The zero-order valence-corrected chi connectivity index (χ0v) is 11.9. The Kier molecular flexibility index (Phi) is 4.15. The molecule has 18 heavy (non-hydrogen) atoms. The van der Waals surface area contributed by atoms with E-state index in [2.05, 4.69) is 24.3 Å². The van der Waals surface area contributed by atoms with Gasteiger partial charge in [-0.05, 0) is 32.1 Å². The van der Waals surface area contributed by atoms with E-state index >= 15 is 0 Å². The molecule has 1 aromatic rings. The predicted molar refractivity (Wildman–Crippen MR) is 76.7 cm³/mol. The number of nitrogens with two attached hydrogens (primary N) is 1. The van der Waals surface area contributed by atoms with Crippen molar-refractivity contribution in [3.63, 3.8) is 0 Å². The van der Waals surface area contributed by atoms with Crippen LogP contribution in [0.3, 0.4) is 0 Å². The first-order chi connectivity index (χ1) is 8.63. The average Bonchev–Trinajstić information content (AvgIpc) is 2.94. The first-order valence-corrected chi connectivity index (χ1v) is 7.21. The Morgan fingerprint density at radius 2 is 2.11 bits per heavy atom. The summed E-state index contributed by atoms with van der Waals surface area (Å²) in [5, 5.41) is 8.08. The van der Waals surface area contributed by atoms with Crippen LogP contribution in [0.4, 0.5) is 11.5 Å². The monoisotopic (exact) mass is 250 g/mol. The molecule has 0 saturated heterocycles. The summed E-state index contributed by atoms with van der Waals surface area (Å²) in [6.07, 6.45) is 7.47. The predicted octanol–water partition coefficient (Wildman–Crippen LogP) is 2.95. The fourth-order valence-corrected chi connectivity index (χ4v) is 2.98. The Bertz CT molecular complexity index is 391. The first-order valence-electron chi connectivity index (χ1n) is 7.21. The molecule has 1 fully saturated rings. The van der Waals surface area contributed by atoms with Gasteiger partial charge in [-0.15, -0.1) is 0 Å². The number of hydrogen-bond donors (Lipinski definition) is 2. The largest absolute Gasteiger partial charge is 0.394 e. The van der Waals surface area contributed by atoms with Crippen LogP contribution in [-0.2, 0) is 13.5 Å². The van der Waals surface area contributed by atoms with Crippen molar-refractivity contribution in [2.45, 2.75) is 58.4 Å². The van der Waals surface area contributed by atoms with Gasteiger partial charge < -0.3 is 11.1 Å². The van der Waals surface area contributed by atoms with Gasteiger partial charge in [0.25, 0.3) is 0 Å². The highest BCUT2D eigenvalue weighted by Gasteiger charge is 2.23. The molecule has 102 valence electrons. The lowest BCUT2D eigenvalue weighted by Gasteiger charge is -2.21. The molecule has 1 aliphatic rings. The van der Waals surface area contributed by atoms with Gasteiger partial charge in [0.1, 0.15) is 5.82 Å². The maximum atomic E-state index is 6.19. The van der Waals surface area contributed by atoms with Crippen LogP contribution in [-0.4, -0.2) is 15.8 Å². The summed E-state index contributed by atoms with van der Waals surface area (Å²) < 4.78 is 1.89. The second kappa shape index (κ2) is 5.63. The molecule has 3 N–H and O–H groups in total. The van der Waals surface area contributed by atoms with Gasteiger partial charge in [0.2, 0.25) is 0 Å². The van der Waals surface area contributed by atoms with Crippen molar-refractivity contribution < 1.29 is 0 Å². The second-order valence-corrected chi connectivity index (χ2v) is 5.56. The van der Waals surface area contributed by atoms with E-state index < -0.39 is 0 Å². The fourth-order valence-electron chi connectivity index (χ4n) is 2.98. The lowest BCUT2D eigenvalue weighted by molar-refractivity contribution is 0.479. The summed E-state index contributed by atoms with van der Waals surface area (Å²) in [7, 11) is 1.97. The van der Waals surface area contributed by atoms with Crippen molar-refractivity contribution in [1.29, 1.82) is 0 Å². The number of anilines is 2. The normalized spacial score (nSPS) is 18.2. The van der Waals surface area contributed by atoms with E-state index in [-0.39, 0.29) is 0 Å². The molecule has 0 radical (unpaired) electrons. The minimum Gasteiger partial charge on any atom is -0.394 e. The van der Waals surface area contributed by atoms with Crippen molar-refractivity contribution in [2.75, 3.05) is 11.1 Å². The number of aryl methyl sites for hydroxylation is 2. The molecule has 2 rings (SSSR count). The quantitative estimate of drug-likeness (QED) is 0.844. The molecule has 4 heteroatoms. The van der Waals surface area contributed by atoms with Crippen molar-refractivity contribution in [3.8, 4) is 0 Å². The van der Waals surface area contributed by atoms with Crippen molar-refractivity contribution in [2.24, 2.45) is 13.0 Å². The third kappa shape index (κ3) is 2.62. The standard InChI is InChI=1S/C14H26N4/c1-4-7-12-13(15)14(18(3)17-12)16-10(2)11-8-5-6-9-11/h10-11,16H,4-9,15H2,1-3H3. The number of hydrogen-bond acceptors (Lipinski definition) is 3. The number of nitrogens with zero attached hydrogens (tertiary/aromatic N) is 2. The first kappa shape index (κ1) is 13.2. The highest BCUT2D eigenvalue weighted by atomic mass is 15.3. The highest BCUT2D eigenvalue weighted by molar-refractivity contribution is 5.65. The summed E-state index contributed by atoms with van der Waals surface area (Å²) in [5.41, 5.74) is 8.06. The number of aromatic nitrogens is 2. The topological polar surface area (TPSA) is 55.9 Å². The molecule has 0 spiro atoms. The zero-order valence-electron chi connectivity index (χ0n) is 11.9. The lowest BCUT2D eigenvalue weighted by Crippen LogP contribution is -2.25. The van der Waals surface area contributed by atoms with Gasteiger partial charge in [-0.2, -0.15) is 5.10 Å². The lowest BCUT2D eigenvalue weighted by atomic mass is 10.00. The van der Waals surface area contributed by atoms with Crippen LogP contribution in [0.15, 0.2) is 0 Å². The molecule has 1 heterocycles. The fraction of sp³-hybridized carbons (Fsp3) is 0.786. The molecule has 1 aromatic heterocycles. The second-order valence-electron chi connectivity index (χ2n) is 5.56. The van der Waals surface area contributed by atoms with E-state index in [0.29, 0.717) is 6.04 Å². The highest BCUT2D eigenvalue weighted by Crippen LogP contribution is 2.31. The van der Waals surface area contributed by atoms with E-state index in [9.17, 15) is 0 Å². The van der Waals surface area contributed by atoms with E-state index in [1.54, 1.807) is 0 Å². The molecular weight excluding hydrogens is 224 g/mol. The molecule has 0 aromatic carbocycles. The molecule has 1 aliphatic carbocycles. The smallest absolute Gasteiger partial charge is 0.147 e. The van der Waals surface area contributed by atoms with Gasteiger partial charge in [0.15, 0.2) is 0 Å². The minimum absolute atomic E-state index is 0.486. The number of nitrogens with one attached hydrogen (secondary N) is 1. The summed E-state index contributed by atoms with van der Waals surface area (Å²) in [4.78, 5) is 0. The zero-order chi connectivity index (χ0) is 13.1. The number of nitrogen functional groups attached to an aromatic ring is 1. The van der Waals surface area contributed by atoms with Crippen LogP contribution in [0.1, 0.15) is 51.6 Å². The summed E-state index contributed by atoms with van der Waals surface area (Å²) in [6.45, 7) is 4.42. The van der Waals surface area contributed by atoms with Gasteiger partial charge in [0.05, 0.1) is 11.4 Å². The maximum absolute atomic E-state index is 6.19. The summed E-state index contributed by atoms with van der Waals surface area (Å²) in [5.74, 6) is 1.78. The Morgan fingerprint density at radius 1 is 1.44 bits per heavy atom. The number of rotatable bonds is 5.